The first kappa shape index (κ1) is 16.8. The van der Waals surface area contributed by atoms with Crippen molar-refractivity contribution >= 4 is 21.6 Å². The van der Waals surface area contributed by atoms with Crippen molar-refractivity contribution in [3.05, 3.63) is 35.9 Å². The molecule has 3 atom stereocenters. The Morgan fingerprint density at radius 2 is 2.05 bits per heavy atom. The minimum absolute atomic E-state index is 0.0685. The number of thioether (sulfide) groups is 1. The number of sulfone groups is 1. The third-order valence-corrected chi connectivity index (χ3v) is 6.69. The number of hydrogen-bond acceptors (Lipinski definition) is 5. The average Bonchev–Trinajstić information content (AvgIpc) is 2.47. The SMILES string of the molecule is CC(CN1CCSCC1S(C)(=O)=O)C(N)c1ccccc1. The Balaban J connectivity index is 2.05. The fourth-order valence-corrected chi connectivity index (χ4v) is 5.66. The van der Waals surface area contributed by atoms with Gasteiger partial charge in [0.05, 0.1) is 0 Å². The van der Waals surface area contributed by atoms with Crippen molar-refractivity contribution in [2.75, 3.05) is 30.9 Å². The Bertz CT molecular complexity index is 548. The van der Waals surface area contributed by atoms with Crippen molar-refractivity contribution < 1.29 is 8.42 Å². The third-order valence-electron chi connectivity index (χ3n) is 4.00. The van der Waals surface area contributed by atoms with Crippen molar-refractivity contribution in [2.45, 2.75) is 18.3 Å². The van der Waals surface area contributed by atoms with Gasteiger partial charge in [-0.25, -0.2) is 8.42 Å². The lowest BCUT2D eigenvalue weighted by molar-refractivity contribution is 0.219. The van der Waals surface area contributed by atoms with Gasteiger partial charge in [-0.3, -0.25) is 4.90 Å². The van der Waals surface area contributed by atoms with E-state index in [4.69, 9.17) is 5.73 Å². The van der Waals surface area contributed by atoms with Gasteiger partial charge in [0, 0.05) is 36.9 Å². The molecule has 0 aromatic heterocycles. The van der Waals surface area contributed by atoms with E-state index < -0.39 is 9.84 Å². The molecule has 1 aliphatic rings. The first-order valence-corrected chi connectivity index (χ1v) is 10.3. The second-order valence-electron chi connectivity index (χ2n) is 5.77. The van der Waals surface area contributed by atoms with Gasteiger partial charge < -0.3 is 5.73 Å². The number of nitrogens with two attached hydrogens (primary N) is 1. The summed E-state index contributed by atoms with van der Waals surface area (Å²) in [6.07, 6.45) is 1.33. The van der Waals surface area contributed by atoms with Crippen LogP contribution in [0.3, 0.4) is 0 Å². The third kappa shape index (κ3) is 4.45. The molecule has 0 amide bonds. The fraction of sp³-hybridized carbons (Fsp3) is 0.600. The van der Waals surface area contributed by atoms with Crippen LogP contribution in [0.4, 0.5) is 0 Å². The molecule has 4 nitrogen and oxygen atoms in total. The summed E-state index contributed by atoms with van der Waals surface area (Å²) in [5.41, 5.74) is 7.43. The molecule has 1 saturated heterocycles. The zero-order chi connectivity index (χ0) is 15.5. The molecule has 2 rings (SSSR count). The van der Waals surface area contributed by atoms with Crippen molar-refractivity contribution in [3.63, 3.8) is 0 Å². The predicted molar refractivity (Wildman–Crippen MR) is 90.1 cm³/mol. The number of nitrogens with zero attached hydrogens (tertiary/aromatic N) is 1. The highest BCUT2D eigenvalue weighted by Crippen LogP contribution is 2.25. The molecular formula is C15H24N2O2S2. The van der Waals surface area contributed by atoms with Crippen LogP contribution in [0.1, 0.15) is 18.5 Å². The van der Waals surface area contributed by atoms with E-state index in [1.165, 1.54) is 6.26 Å². The Morgan fingerprint density at radius 1 is 1.38 bits per heavy atom. The summed E-state index contributed by atoms with van der Waals surface area (Å²) in [6, 6.07) is 9.93. The minimum atomic E-state index is -3.05. The maximum Gasteiger partial charge on any atom is 0.164 e. The van der Waals surface area contributed by atoms with Gasteiger partial charge in [0.2, 0.25) is 0 Å². The Labute approximate surface area is 132 Å². The van der Waals surface area contributed by atoms with E-state index in [1.807, 2.05) is 30.3 Å². The molecule has 0 saturated carbocycles. The van der Waals surface area contributed by atoms with Gasteiger partial charge in [-0.1, -0.05) is 37.3 Å². The highest BCUT2D eigenvalue weighted by atomic mass is 32.2. The van der Waals surface area contributed by atoms with E-state index in [9.17, 15) is 8.42 Å². The second-order valence-corrected chi connectivity index (χ2v) is 9.12. The molecule has 0 bridgehead atoms. The summed E-state index contributed by atoms with van der Waals surface area (Å²) in [7, 11) is -3.05. The minimum Gasteiger partial charge on any atom is -0.324 e. The summed E-state index contributed by atoms with van der Waals surface area (Å²) in [5.74, 6) is 1.85. The van der Waals surface area contributed by atoms with Gasteiger partial charge in [0.25, 0.3) is 0 Å². The molecule has 1 aromatic rings. The van der Waals surface area contributed by atoms with Gasteiger partial charge in [-0.2, -0.15) is 11.8 Å². The lowest BCUT2D eigenvalue weighted by Gasteiger charge is -2.36. The molecule has 0 aliphatic carbocycles. The molecule has 1 fully saturated rings. The van der Waals surface area contributed by atoms with E-state index in [0.29, 0.717) is 12.3 Å². The van der Waals surface area contributed by atoms with Crippen LogP contribution >= 0.6 is 11.8 Å². The van der Waals surface area contributed by atoms with Gasteiger partial charge in [-0.15, -0.1) is 0 Å². The smallest absolute Gasteiger partial charge is 0.164 e. The summed E-state index contributed by atoms with van der Waals surface area (Å²) in [6.45, 7) is 3.63. The molecule has 21 heavy (non-hydrogen) atoms. The fourth-order valence-electron chi connectivity index (χ4n) is 2.71. The average molecular weight is 329 g/mol. The molecule has 1 aliphatic heterocycles. The number of rotatable bonds is 5. The topological polar surface area (TPSA) is 63.4 Å². The van der Waals surface area contributed by atoms with Crippen LogP contribution in [0, 0.1) is 5.92 Å². The first-order chi connectivity index (χ1) is 9.89. The lowest BCUT2D eigenvalue weighted by Crippen LogP contribution is -2.49. The monoisotopic (exact) mass is 328 g/mol. The van der Waals surface area contributed by atoms with Crippen LogP contribution in [0.15, 0.2) is 30.3 Å². The van der Waals surface area contributed by atoms with Crippen LogP contribution in [-0.2, 0) is 9.84 Å². The Kier molecular flexibility index (Phi) is 5.71. The molecule has 0 radical (unpaired) electrons. The molecule has 6 heteroatoms. The number of hydrogen-bond donors (Lipinski definition) is 1. The highest BCUT2D eigenvalue weighted by Gasteiger charge is 2.32. The zero-order valence-corrected chi connectivity index (χ0v) is 14.2. The van der Waals surface area contributed by atoms with Gasteiger partial charge in [0.15, 0.2) is 9.84 Å². The van der Waals surface area contributed by atoms with E-state index in [1.54, 1.807) is 11.8 Å². The Hall–Kier alpha value is -0.560. The van der Waals surface area contributed by atoms with E-state index in [0.717, 1.165) is 17.9 Å². The van der Waals surface area contributed by atoms with Gasteiger partial charge in [-0.05, 0) is 11.5 Å². The first-order valence-electron chi connectivity index (χ1n) is 7.21. The van der Waals surface area contributed by atoms with E-state index >= 15 is 0 Å². The molecule has 1 heterocycles. The summed E-state index contributed by atoms with van der Waals surface area (Å²) in [5, 5.41) is -0.373. The molecule has 3 unspecified atom stereocenters. The van der Waals surface area contributed by atoms with Crippen molar-refractivity contribution in [1.29, 1.82) is 0 Å². The maximum atomic E-state index is 11.9. The molecule has 1 aromatic carbocycles. The normalized spacial score (nSPS) is 23.7. The number of benzene rings is 1. The van der Waals surface area contributed by atoms with Crippen LogP contribution in [-0.4, -0.2) is 49.5 Å². The Morgan fingerprint density at radius 3 is 2.67 bits per heavy atom. The quantitative estimate of drug-likeness (QED) is 0.892. The standard InChI is InChI=1S/C15H24N2O2S2/c1-12(15(16)13-6-4-3-5-7-13)10-17-8-9-20-11-14(17)21(2,18)19/h3-7,12,14-15H,8-11,16H2,1-2H3. The summed E-state index contributed by atoms with van der Waals surface area (Å²) in [4.78, 5) is 2.08. The highest BCUT2D eigenvalue weighted by molar-refractivity contribution is 8.00. The molecule has 2 N–H and O–H groups in total. The molecule has 0 spiro atoms. The van der Waals surface area contributed by atoms with Crippen molar-refractivity contribution in [2.24, 2.45) is 11.7 Å². The summed E-state index contributed by atoms with van der Waals surface area (Å²) >= 11 is 1.71. The van der Waals surface area contributed by atoms with Crippen LogP contribution in [0.2, 0.25) is 0 Å². The second kappa shape index (κ2) is 7.13. The van der Waals surface area contributed by atoms with Crippen LogP contribution in [0.25, 0.3) is 0 Å². The van der Waals surface area contributed by atoms with Crippen molar-refractivity contribution in [1.82, 2.24) is 4.90 Å². The van der Waals surface area contributed by atoms with Crippen molar-refractivity contribution in [3.8, 4) is 0 Å². The maximum absolute atomic E-state index is 11.9. The predicted octanol–water partition coefficient (Wildman–Crippen LogP) is 1.74. The molecule has 118 valence electrons. The van der Waals surface area contributed by atoms with E-state index in [2.05, 4.69) is 11.8 Å². The summed E-state index contributed by atoms with van der Waals surface area (Å²) < 4.78 is 23.9. The van der Waals surface area contributed by atoms with Crippen LogP contribution in [0.5, 0.6) is 0 Å². The van der Waals surface area contributed by atoms with Gasteiger partial charge in [0.1, 0.15) is 5.37 Å². The van der Waals surface area contributed by atoms with E-state index in [-0.39, 0.29) is 17.3 Å². The molecular weight excluding hydrogens is 304 g/mol. The van der Waals surface area contributed by atoms with Crippen LogP contribution < -0.4 is 5.73 Å². The van der Waals surface area contributed by atoms with Gasteiger partial charge >= 0.3 is 0 Å². The zero-order valence-electron chi connectivity index (χ0n) is 12.6. The lowest BCUT2D eigenvalue weighted by atomic mass is 9.95. The largest absolute Gasteiger partial charge is 0.324 e.